The summed E-state index contributed by atoms with van der Waals surface area (Å²) >= 11 is 6.18. The maximum atomic E-state index is 12.7. The van der Waals surface area contributed by atoms with Gasteiger partial charge in [-0.15, -0.1) is 0 Å². The number of hydrogen-bond acceptors (Lipinski definition) is 4. The van der Waals surface area contributed by atoms with Crippen LogP contribution in [0.3, 0.4) is 0 Å². The van der Waals surface area contributed by atoms with Crippen LogP contribution in [0.25, 0.3) is 10.9 Å². The molecule has 4 aromatic rings. The molecule has 0 bridgehead atoms. The highest BCUT2D eigenvalue weighted by molar-refractivity contribution is 6.31. The monoisotopic (exact) mass is 388 g/mol. The molecular formula is C22H17ClN4O. The van der Waals surface area contributed by atoms with Gasteiger partial charge in [-0.3, -0.25) is 14.8 Å². The maximum Gasteiger partial charge on any atom is 0.274 e. The molecule has 0 radical (unpaired) electrons. The number of halogens is 1. The largest absolute Gasteiger partial charge is 0.355 e. The van der Waals surface area contributed by atoms with Crippen LogP contribution in [0.1, 0.15) is 16.1 Å². The Morgan fingerprint density at radius 3 is 2.61 bits per heavy atom. The Labute approximate surface area is 167 Å². The number of hydrogen-bond donors (Lipinski definition) is 2. The van der Waals surface area contributed by atoms with E-state index in [1.807, 2.05) is 55.5 Å². The van der Waals surface area contributed by atoms with Crippen molar-refractivity contribution in [3.8, 4) is 0 Å². The lowest BCUT2D eigenvalue weighted by atomic mass is 10.2. The van der Waals surface area contributed by atoms with E-state index < -0.39 is 0 Å². The molecule has 0 saturated heterocycles. The number of carbonyl (C=O) groups is 1. The Morgan fingerprint density at radius 1 is 0.929 bits per heavy atom. The van der Waals surface area contributed by atoms with Crippen molar-refractivity contribution in [2.24, 2.45) is 0 Å². The van der Waals surface area contributed by atoms with Crippen molar-refractivity contribution in [2.75, 3.05) is 10.6 Å². The summed E-state index contributed by atoms with van der Waals surface area (Å²) in [4.78, 5) is 21.3. The van der Waals surface area contributed by atoms with Crippen molar-refractivity contribution in [1.82, 2.24) is 9.97 Å². The molecule has 0 aliphatic carbocycles. The van der Waals surface area contributed by atoms with Crippen molar-refractivity contribution in [3.05, 3.63) is 89.3 Å². The first-order valence-corrected chi connectivity index (χ1v) is 9.12. The van der Waals surface area contributed by atoms with E-state index in [1.165, 1.54) is 0 Å². The van der Waals surface area contributed by atoms with Gasteiger partial charge >= 0.3 is 0 Å². The first-order chi connectivity index (χ1) is 13.6. The Balaban J connectivity index is 1.56. The van der Waals surface area contributed by atoms with Crippen LogP contribution in [-0.4, -0.2) is 15.9 Å². The first kappa shape index (κ1) is 17.9. The second-order valence-electron chi connectivity index (χ2n) is 6.35. The Kier molecular flexibility index (Phi) is 4.91. The zero-order valence-electron chi connectivity index (χ0n) is 15.1. The highest BCUT2D eigenvalue weighted by atomic mass is 35.5. The number of aryl methyl sites for hydroxylation is 1. The number of pyridine rings is 2. The minimum atomic E-state index is -0.302. The number of nitrogens with one attached hydrogen (secondary N) is 2. The SMILES string of the molecule is Cc1ccc(Nc2ccnc(C(=O)Nc3cccc4cccnc34)c2)cc1Cl. The summed E-state index contributed by atoms with van der Waals surface area (Å²) in [6.07, 6.45) is 3.29. The quantitative estimate of drug-likeness (QED) is 0.478. The van der Waals surface area contributed by atoms with Crippen molar-refractivity contribution < 1.29 is 4.79 Å². The molecule has 2 aromatic heterocycles. The third-order valence-electron chi connectivity index (χ3n) is 4.33. The molecule has 0 unspecified atom stereocenters. The van der Waals surface area contributed by atoms with E-state index in [9.17, 15) is 4.79 Å². The van der Waals surface area contributed by atoms with E-state index in [4.69, 9.17) is 11.6 Å². The number of aromatic nitrogens is 2. The number of carbonyl (C=O) groups excluding carboxylic acids is 1. The third kappa shape index (κ3) is 3.80. The number of nitrogens with zero attached hydrogens (tertiary/aromatic N) is 2. The van der Waals surface area contributed by atoms with Gasteiger partial charge in [-0.2, -0.15) is 0 Å². The second kappa shape index (κ2) is 7.66. The standard InChI is InChI=1S/C22H17ClN4O/c1-14-7-8-16(12-18(14)23)26-17-9-11-24-20(13-17)22(28)27-19-6-2-4-15-5-3-10-25-21(15)19/h2-13H,1H3,(H,24,26)(H,27,28). The van der Waals surface area contributed by atoms with Crippen LogP contribution in [0, 0.1) is 6.92 Å². The summed E-state index contributed by atoms with van der Waals surface area (Å²) in [5, 5.41) is 7.78. The van der Waals surface area contributed by atoms with Gasteiger partial charge in [-0.05, 0) is 48.9 Å². The molecule has 28 heavy (non-hydrogen) atoms. The van der Waals surface area contributed by atoms with Crippen LogP contribution in [-0.2, 0) is 0 Å². The predicted molar refractivity (Wildman–Crippen MR) is 113 cm³/mol. The van der Waals surface area contributed by atoms with Crippen molar-refractivity contribution in [2.45, 2.75) is 6.92 Å². The lowest BCUT2D eigenvalue weighted by Crippen LogP contribution is -2.14. The van der Waals surface area contributed by atoms with Crippen LogP contribution >= 0.6 is 11.6 Å². The lowest BCUT2D eigenvalue weighted by Gasteiger charge is -2.10. The smallest absolute Gasteiger partial charge is 0.274 e. The Bertz CT molecular complexity index is 1170. The summed E-state index contributed by atoms with van der Waals surface area (Å²) in [6, 6.07) is 18.7. The molecule has 2 N–H and O–H groups in total. The van der Waals surface area contributed by atoms with Gasteiger partial charge in [0.2, 0.25) is 0 Å². The fraction of sp³-hybridized carbons (Fsp3) is 0.0455. The summed E-state index contributed by atoms with van der Waals surface area (Å²) in [6.45, 7) is 1.95. The van der Waals surface area contributed by atoms with Gasteiger partial charge in [0.25, 0.3) is 5.91 Å². The molecule has 138 valence electrons. The van der Waals surface area contributed by atoms with Gasteiger partial charge in [-0.25, -0.2) is 0 Å². The van der Waals surface area contributed by atoms with Gasteiger partial charge < -0.3 is 10.6 Å². The number of amides is 1. The number of rotatable bonds is 4. The van der Waals surface area contributed by atoms with E-state index in [-0.39, 0.29) is 5.91 Å². The van der Waals surface area contributed by atoms with Gasteiger partial charge in [-0.1, -0.05) is 35.9 Å². The molecule has 5 nitrogen and oxygen atoms in total. The summed E-state index contributed by atoms with van der Waals surface area (Å²) in [5.74, 6) is -0.302. The molecule has 6 heteroatoms. The van der Waals surface area contributed by atoms with Gasteiger partial charge in [0.05, 0.1) is 11.2 Å². The van der Waals surface area contributed by atoms with Crippen LogP contribution in [0.15, 0.2) is 73.1 Å². The van der Waals surface area contributed by atoms with E-state index in [0.717, 1.165) is 27.8 Å². The maximum absolute atomic E-state index is 12.7. The average molecular weight is 389 g/mol. The Hall–Kier alpha value is -3.44. The van der Waals surface area contributed by atoms with E-state index in [1.54, 1.807) is 24.5 Å². The molecule has 2 aromatic carbocycles. The highest BCUT2D eigenvalue weighted by Gasteiger charge is 2.11. The minimum Gasteiger partial charge on any atom is -0.355 e. The van der Waals surface area contributed by atoms with Gasteiger partial charge in [0.15, 0.2) is 0 Å². The van der Waals surface area contributed by atoms with Crippen molar-refractivity contribution in [3.63, 3.8) is 0 Å². The highest BCUT2D eigenvalue weighted by Crippen LogP contribution is 2.24. The lowest BCUT2D eigenvalue weighted by molar-refractivity contribution is 0.102. The fourth-order valence-corrected chi connectivity index (χ4v) is 3.04. The van der Waals surface area contributed by atoms with Crippen LogP contribution < -0.4 is 10.6 Å². The second-order valence-corrected chi connectivity index (χ2v) is 6.76. The topological polar surface area (TPSA) is 66.9 Å². The van der Waals surface area contributed by atoms with E-state index in [2.05, 4.69) is 20.6 Å². The zero-order chi connectivity index (χ0) is 19.5. The minimum absolute atomic E-state index is 0.302. The molecule has 0 fully saturated rings. The summed E-state index contributed by atoms with van der Waals surface area (Å²) < 4.78 is 0. The Morgan fingerprint density at radius 2 is 1.75 bits per heavy atom. The van der Waals surface area contributed by atoms with Crippen molar-refractivity contribution in [1.29, 1.82) is 0 Å². The van der Waals surface area contributed by atoms with Gasteiger partial charge in [0.1, 0.15) is 5.69 Å². The summed E-state index contributed by atoms with van der Waals surface area (Å²) in [5.41, 5.74) is 4.28. The molecule has 0 atom stereocenters. The van der Waals surface area contributed by atoms with Crippen LogP contribution in [0.4, 0.5) is 17.1 Å². The van der Waals surface area contributed by atoms with Crippen LogP contribution in [0.2, 0.25) is 5.02 Å². The number of para-hydroxylation sites is 1. The molecule has 1 amide bonds. The van der Waals surface area contributed by atoms with E-state index >= 15 is 0 Å². The molecule has 0 saturated carbocycles. The van der Waals surface area contributed by atoms with Crippen molar-refractivity contribution >= 4 is 45.5 Å². The predicted octanol–water partition coefficient (Wildman–Crippen LogP) is 5.59. The summed E-state index contributed by atoms with van der Waals surface area (Å²) in [7, 11) is 0. The molecule has 0 aliphatic rings. The third-order valence-corrected chi connectivity index (χ3v) is 4.74. The van der Waals surface area contributed by atoms with E-state index in [0.29, 0.717) is 16.4 Å². The molecule has 2 heterocycles. The average Bonchev–Trinajstić information content (AvgIpc) is 2.71. The number of anilines is 3. The van der Waals surface area contributed by atoms with Crippen LogP contribution in [0.5, 0.6) is 0 Å². The first-order valence-electron chi connectivity index (χ1n) is 8.74. The molecular weight excluding hydrogens is 372 g/mol. The fourth-order valence-electron chi connectivity index (χ4n) is 2.86. The molecule has 0 aliphatic heterocycles. The normalized spacial score (nSPS) is 10.6. The molecule has 0 spiro atoms. The van der Waals surface area contributed by atoms with Gasteiger partial charge in [0, 0.05) is 34.2 Å². The number of fused-ring (bicyclic) bond motifs is 1. The number of benzene rings is 2. The zero-order valence-corrected chi connectivity index (χ0v) is 15.9. The molecule has 4 rings (SSSR count).